The Labute approximate surface area is 133 Å². The molecule has 116 valence electrons. The number of hydrogen-bond donors (Lipinski definition) is 3. The van der Waals surface area contributed by atoms with E-state index in [1.54, 1.807) is 0 Å². The summed E-state index contributed by atoms with van der Waals surface area (Å²) in [5.74, 6) is -1.55. The highest BCUT2D eigenvalue weighted by atomic mass is 79.9. The molecular weight excluding hydrogens is 336 g/mol. The van der Waals surface area contributed by atoms with Gasteiger partial charge in [-0.3, -0.25) is 4.79 Å². The van der Waals surface area contributed by atoms with Gasteiger partial charge in [-0.25, -0.2) is 4.79 Å². The summed E-state index contributed by atoms with van der Waals surface area (Å²) in [5.41, 5.74) is 2.72. The predicted molar refractivity (Wildman–Crippen MR) is 86.6 cm³/mol. The molecule has 0 aromatic heterocycles. The number of rotatable bonds is 5. The number of carbonyl (C=O) groups excluding carboxylic acids is 1. The fraction of sp³-hybridized carbons (Fsp3) is 0.467. The maximum atomic E-state index is 11.9. The summed E-state index contributed by atoms with van der Waals surface area (Å²) >= 11 is 3.42. The summed E-state index contributed by atoms with van der Waals surface area (Å²) in [6, 6.07) is 3.47. The van der Waals surface area contributed by atoms with Crippen LogP contribution in [-0.2, 0) is 4.79 Å². The van der Waals surface area contributed by atoms with Crippen molar-refractivity contribution in [2.75, 3.05) is 11.9 Å². The van der Waals surface area contributed by atoms with Gasteiger partial charge < -0.3 is 15.7 Å². The molecule has 1 aromatic carbocycles. The fourth-order valence-corrected chi connectivity index (χ4v) is 2.82. The van der Waals surface area contributed by atoms with Crippen LogP contribution in [-0.4, -0.2) is 23.7 Å². The van der Waals surface area contributed by atoms with Crippen molar-refractivity contribution in [3.8, 4) is 0 Å². The van der Waals surface area contributed by atoms with Gasteiger partial charge in [-0.2, -0.15) is 0 Å². The van der Waals surface area contributed by atoms with Crippen molar-refractivity contribution in [3.05, 3.63) is 27.7 Å². The van der Waals surface area contributed by atoms with Crippen LogP contribution in [0, 0.1) is 25.7 Å². The van der Waals surface area contributed by atoms with Gasteiger partial charge in [0.2, 0.25) is 0 Å². The van der Waals surface area contributed by atoms with Crippen molar-refractivity contribution >= 4 is 33.6 Å². The van der Waals surface area contributed by atoms with E-state index in [1.165, 1.54) is 0 Å². The first-order valence-corrected chi connectivity index (χ1v) is 7.56. The Hall–Kier alpha value is -1.56. The number of aryl methyl sites for hydroxylation is 2. The number of amides is 2. The summed E-state index contributed by atoms with van der Waals surface area (Å²) < 4.78 is 0.800. The molecule has 1 aromatic rings. The van der Waals surface area contributed by atoms with Crippen LogP contribution >= 0.6 is 15.9 Å². The molecule has 5 nitrogen and oxygen atoms in total. The number of nitrogens with one attached hydrogen (secondary N) is 2. The first kappa shape index (κ1) is 17.5. The second kappa shape index (κ2) is 7.45. The van der Waals surface area contributed by atoms with E-state index in [2.05, 4.69) is 26.6 Å². The average Bonchev–Trinajstić information content (AvgIpc) is 2.33. The molecule has 2 amide bonds. The molecule has 0 aliphatic heterocycles. The Balaban J connectivity index is 2.69. The van der Waals surface area contributed by atoms with Crippen LogP contribution in [0.15, 0.2) is 16.6 Å². The summed E-state index contributed by atoms with van der Waals surface area (Å²) in [4.78, 5) is 23.0. The normalized spacial score (nSPS) is 12.1. The van der Waals surface area contributed by atoms with Crippen molar-refractivity contribution in [1.29, 1.82) is 0 Å². The number of hydrogen-bond acceptors (Lipinski definition) is 2. The van der Waals surface area contributed by atoms with Crippen LogP contribution in [0.4, 0.5) is 10.5 Å². The lowest BCUT2D eigenvalue weighted by molar-refractivity contribution is -0.142. The van der Waals surface area contributed by atoms with Crippen molar-refractivity contribution in [1.82, 2.24) is 5.32 Å². The van der Waals surface area contributed by atoms with E-state index in [1.807, 2.05) is 39.8 Å². The van der Waals surface area contributed by atoms with Crippen molar-refractivity contribution in [2.45, 2.75) is 27.7 Å². The molecule has 0 saturated heterocycles. The summed E-state index contributed by atoms with van der Waals surface area (Å²) in [5, 5.41) is 14.4. The van der Waals surface area contributed by atoms with Crippen LogP contribution in [0.3, 0.4) is 0 Å². The summed E-state index contributed by atoms with van der Waals surface area (Å²) in [6.07, 6.45) is 0. The third-order valence-electron chi connectivity index (χ3n) is 3.27. The van der Waals surface area contributed by atoms with Gasteiger partial charge >= 0.3 is 12.0 Å². The molecule has 6 heteroatoms. The highest BCUT2D eigenvalue weighted by Crippen LogP contribution is 2.27. The number of carboxylic acid groups (broad SMARTS) is 1. The Kier molecular flexibility index (Phi) is 6.20. The highest BCUT2D eigenvalue weighted by molar-refractivity contribution is 9.10. The number of carboxylic acids is 1. The van der Waals surface area contributed by atoms with E-state index < -0.39 is 17.9 Å². The monoisotopic (exact) mass is 356 g/mol. The standard InChI is InChI=1S/C15H21BrN2O3/c1-8(2)11(14(19)20)7-17-15(21)18-13-10(4)5-9(3)6-12(13)16/h5-6,8,11H,7H2,1-4H3,(H,19,20)(H2,17,18,21). The first-order valence-electron chi connectivity index (χ1n) is 6.76. The molecule has 0 heterocycles. The third-order valence-corrected chi connectivity index (χ3v) is 3.90. The van der Waals surface area contributed by atoms with Gasteiger partial charge in [0, 0.05) is 11.0 Å². The zero-order valence-corrected chi connectivity index (χ0v) is 14.2. The lowest BCUT2D eigenvalue weighted by Gasteiger charge is -2.18. The number of anilines is 1. The Morgan fingerprint density at radius 2 is 1.90 bits per heavy atom. The molecule has 1 rings (SSSR count). The smallest absolute Gasteiger partial charge is 0.319 e. The Bertz CT molecular complexity index is 521. The molecule has 0 bridgehead atoms. The van der Waals surface area contributed by atoms with Gasteiger partial charge in [0.25, 0.3) is 0 Å². The molecule has 21 heavy (non-hydrogen) atoms. The molecule has 1 atom stereocenters. The largest absolute Gasteiger partial charge is 0.481 e. The zero-order valence-electron chi connectivity index (χ0n) is 12.7. The SMILES string of the molecule is Cc1cc(C)c(NC(=O)NCC(C(=O)O)C(C)C)c(Br)c1. The minimum atomic E-state index is -0.905. The average molecular weight is 357 g/mol. The van der Waals surface area contributed by atoms with Gasteiger partial charge in [0.1, 0.15) is 0 Å². The second-order valence-corrected chi connectivity index (χ2v) is 6.32. The molecule has 0 spiro atoms. The Morgan fingerprint density at radius 3 is 2.38 bits per heavy atom. The minimum absolute atomic E-state index is 0.0457. The lowest BCUT2D eigenvalue weighted by atomic mass is 9.96. The van der Waals surface area contributed by atoms with Gasteiger partial charge in [0.15, 0.2) is 0 Å². The topological polar surface area (TPSA) is 78.4 Å². The van der Waals surface area contributed by atoms with E-state index in [-0.39, 0.29) is 12.5 Å². The molecule has 0 radical (unpaired) electrons. The molecular formula is C15H21BrN2O3. The van der Waals surface area contributed by atoms with Crippen LogP contribution < -0.4 is 10.6 Å². The number of urea groups is 1. The van der Waals surface area contributed by atoms with Crippen LogP contribution in [0.5, 0.6) is 0 Å². The number of halogens is 1. The van der Waals surface area contributed by atoms with E-state index in [4.69, 9.17) is 5.11 Å². The number of carbonyl (C=O) groups is 2. The third kappa shape index (κ3) is 5.04. The van der Waals surface area contributed by atoms with Crippen LogP contribution in [0.2, 0.25) is 0 Å². The Morgan fingerprint density at radius 1 is 1.29 bits per heavy atom. The van der Waals surface area contributed by atoms with Crippen molar-refractivity contribution in [3.63, 3.8) is 0 Å². The summed E-state index contributed by atoms with van der Waals surface area (Å²) in [6.45, 7) is 7.61. The van der Waals surface area contributed by atoms with Gasteiger partial charge in [-0.05, 0) is 52.9 Å². The molecule has 1 unspecified atom stereocenters. The molecule has 0 saturated carbocycles. The first-order chi connectivity index (χ1) is 9.72. The highest BCUT2D eigenvalue weighted by Gasteiger charge is 2.22. The molecule has 0 aliphatic rings. The maximum absolute atomic E-state index is 11.9. The fourth-order valence-electron chi connectivity index (χ4n) is 2.04. The molecule has 3 N–H and O–H groups in total. The lowest BCUT2D eigenvalue weighted by Crippen LogP contribution is -2.38. The minimum Gasteiger partial charge on any atom is -0.481 e. The maximum Gasteiger partial charge on any atom is 0.319 e. The van der Waals surface area contributed by atoms with Gasteiger partial charge in [-0.15, -0.1) is 0 Å². The van der Waals surface area contributed by atoms with Crippen molar-refractivity contribution in [2.24, 2.45) is 11.8 Å². The second-order valence-electron chi connectivity index (χ2n) is 5.46. The zero-order chi connectivity index (χ0) is 16.2. The molecule has 0 aliphatic carbocycles. The van der Waals surface area contributed by atoms with Crippen molar-refractivity contribution < 1.29 is 14.7 Å². The quantitative estimate of drug-likeness (QED) is 0.754. The van der Waals surface area contributed by atoms with Crippen LogP contribution in [0.25, 0.3) is 0 Å². The van der Waals surface area contributed by atoms with Crippen LogP contribution in [0.1, 0.15) is 25.0 Å². The molecule has 0 fully saturated rings. The van der Waals surface area contributed by atoms with E-state index in [0.29, 0.717) is 5.69 Å². The van der Waals surface area contributed by atoms with E-state index in [9.17, 15) is 9.59 Å². The van der Waals surface area contributed by atoms with E-state index >= 15 is 0 Å². The van der Waals surface area contributed by atoms with E-state index in [0.717, 1.165) is 15.6 Å². The number of benzene rings is 1. The predicted octanol–water partition coefficient (Wildman–Crippen LogP) is 3.54. The summed E-state index contributed by atoms with van der Waals surface area (Å²) in [7, 11) is 0. The number of aliphatic carboxylic acids is 1. The van der Waals surface area contributed by atoms with Gasteiger partial charge in [0.05, 0.1) is 11.6 Å². The van der Waals surface area contributed by atoms with Gasteiger partial charge in [-0.1, -0.05) is 19.9 Å².